The van der Waals surface area contributed by atoms with Gasteiger partial charge in [-0.3, -0.25) is 4.79 Å². The smallest absolute Gasteiger partial charge is 0.137 e. The average molecular weight is 140 g/mol. The summed E-state index contributed by atoms with van der Waals surface area (Å²) in [7, 11) is 0. The van der Waals surface area contributed by atoms with Gasteiger partial charge in [-0.15, -0.1) is 6.58 Å². The van der Waals surface area contributed by atoms with Crippen LogP contribution in [0.4, 0.5) is 0 Å². The summed E-state index contributed by atoms with van der Waals surface area (Å²) in [5.74, 6) is 0.280. The molecule has 0 spiro atoms. The van der Waals surface area contributed by atoms with Crippen molar-refractivity contribution in [1.82, 2.24) is 0 Å². The quantitative estimate of drug-likeness (QED) is 0.551. The second-order valence-corrected chi connectivity index (χ2v) is 3.77. The predicted molar refractivity (Wildman–Crippen MR) is 43.9 cm³/mol. The fourth-order valence-electron chi connectivity index (χ4n) is 0.825. The van der Waals surface area contributed by atoms with Crippen LogP contribution in [0.3, 0.4) is 0 Å². The van der Waals surface area contributed by atoms with Crippen LogP contribution in [0.1, 0.15) is 33.6 Å². The molecule has 0 radical (unpaired) electrons. The molecular formula is C9H16O. The molecule has 10 heavy (non-hydrogen) atoms. The van der Waals surface area contributed by atoms with Crippen LogP contribution < -0.4 is 0 Å². The highest BCUT2D eigenvalue weighted by atomic mass is 16.1. The van der Waals surface area contributed by atoms with Gasteiger partial charge in [-0.2, -0.15) is 0 Å². The molecular weight excluding hydrogens is 124 g/mol. The first kappa shape index (κ1) is 9.41. The molecule has 0 aromatic carbocycles. The molecule has 0 saturated heterocycles. The zero-order valence-electron chi connectivity index (χ0n) is 7.11. The van der Waals surface area contributed by atoms with E-state index in [1.807, 2.05) is 0 Å². The highest BCUT2D eigenvalue weighted by Crippen LogP contribution is 2.19. The Balaban J connectivity index is 3.68. The molecule has 0 heterocycles. The molecule has 0 bridgehead atoms. The van der Waals surface area contributed by atoms with Crippen molar-refractivity contribution in [3.8, 4) is 0 Å². The molecule has 0 amide bonds. The summed E-state index contributed by atoms with van der Waals surface area (Å²) >= 11 is 0. The van der Waals surface area contributed by atoms with Crippen LogP contribution in [0.15, 0.2) is 12.7 Å². The molecule has 1 heteroatoms. The zero-order chi connectivity index (χ0) is 8.20. The lowest BCUT2D eigenvalue weighted by Crippen LogP contribution is -2.11. The van der Waals surface area contributed by atoms with Gasteiger partial charge in [0.1, 0.15) is 5.78 Å². The average Bonchev–Trinajstić information content (AvgIpc) is 1.59. The number of hydrogen-bond donors (Lipinski definition) is 0. The van der Waals surface area contributed by atoms with Gasteiger partial charge in [0.2, 0.25) is 0 Å². The maximum absolute atomic E-state index is 11.0. The number of allylic oxidation sites excluding steroid dienone is 1. The maximum Gasteiger partial charge on any atom is 0.137 e. The maximum atomic E-state index is 11.0. The summed E-state index contributed by atoms with van der Waals surface area (Å²) in [4.78, 5) is 11.0. The molecule has 0 N–H and O–H groups in total. The highest BCUT2D eigenvalue weighted by molar-refractivity contribution is 5.80. The lowest BCUT2D eigenvalue weighted by atomic mass is 9.89. The van der Waals surface area contributed by atoms with E-state index < -0.39 is 0 Å². The largest absolute Gasteiger partial charge is 0.299 e. The van der Waals surface area contributed by atoms with Crippen molar-refractivity contribution in [2.24, 2.45) is 5.41 Å². The van der Waals surface area contributed by atoms with Gasteiger partial charge in [0.25, 0.3) is 0 Å². The van der Waals surface area contributed by atoms with Crippen LogP contribution in [0.25, 0.3) is 0 Å². The Morgan fingerprint density at radius 3 is 2.30 bits per heavy atom. The van der Waals surface area contributed by atoms with Gasteiger partial charge in [0.05, 0.1) is 0 Å². The Hall–Kier alpha value is -0.590. The van der Waals surface area contributed by atoms with Gasteiger partial charge < -0.3 is 0 Å². The standard InChI is InChI=1S/C9H16O/c1-5-6-8(10)7-9(2,3)4/h5H,1,6-7H2,2-4H3. The van der Waals surface area contributed by atoms with E-state index in [0.29, 0.717) is 12.8 Å². The normalized spacial score (nSPS) is 11.1. The second-order valence-electron chi connectivity index (χ2n) is 3.77. The molecule has 0 aliphatic heterocycles. The molecule has 0 atom stereocenters. The lowest BCUT2D eigenvalue weighted by Gasteiger charge is -2.15. The Morgan fingerprint density at radius 1 is 1.50 bits per heavy atom. The minimum atomic E-state index is 0.125. The van der Waals surface area contributed by atoms with Gasteiger partial charge in [-0.25, -0.2) is 0 Å². The van der Waals surface area contributed by atoms with Crippen molar-refractivity contribution in [3.63, 3.8) is 0 Å². The highest BCUT2D eigenvalue weighted by Gasteiger charge is 2.14. The van der Waals surface area contributed by atoms with Crippen molar-refractivity contribution >= 4 is 5.78 Å². The molecule has 1 nitrogen and oxygen atoms in total. The number of carbonyl (C=O) groups is 1. The van der Waals surface area contributed by atoms with E-state index in [2.05, 4.69) is 27.4 Å². The van der Waals surface area contributed by atoms with Crippen LogP contribution >= 0.6 is 0 Å². The third-order valence-corrected chi connectivity index (χ3v) is 1.10. The molecule has 0 fully saturated rings. The summed E-state index contributed by atoms with van der Waals surface area (Å²) in [5, 5.41) is 0. The Kier molecular flexibility index (Phi) is 3.34. The Morgan fingerprint density at radius 2 is 2.00 bits per heavy atom. The molecule has 0 rings (SSSR count). The van der Waals surface area contributed by atoms with Crippen LogP contribution in [0.2, 0.25) is 0 Å². The molecule has 0 aliphatic carbocycles. The van der Waals surface area contributed by atoms with E-state index in [-0.39, 0.29) is 11.2 Å². The topological polar surface area (TPSA) is 17.1 Å². The van der Waals surface area contributed by atoms with E-state index in [0.717, 1.165) is 0 Å². The van der Waals surface area contributed by atoms with E-state index in [1.165, 1.54) is 0 Å². The summed E-state index contributed by atoms with van der Waals surface area (Å²) < 4.78 is 0. The van der Waals surface area contributed by atoms with Gasteiger partial charge >= 0.3 is 0 Å². The number of rotatable bonds is 3. The van der Waals surface area contributed by atoms with Gasteiger partial charge in [0.15, 0.2) is 0 Å². The Bertz CT molecular complexity index is 128. The first-order chi connectivity index (χ1) is 4.45. The summed E-state index contributed by atoms with van der Waals surface area (Å²) in [6, 6.07) is 0. The first-order valence-electron chi connectivity index (χ1n) is 3.58. The SMILES string of the molecule is C=CCC(=O)CC(C)(C)C. The first-order valence-corrected chi connectivity index (χ1v) is 3.58. The number of carbonyl (C=O) groups excluding carboxylic acids is 1. The Labute approximate surface area is 63.1 Å². The van der Waals surface area contributed by atoms with Crippen LogP contribution in [0, 0.1) is 5.41 Å². The monoisotopic (exact) mass is 140 g/mol. The summed E-state index contributed by atoms with van der Waals surface area (Å²) in [6.45, 7) is 9.70. The minimum Gasteiger partial charge on any atom is -0.299 e. The molecule has 0 aromatic heterocycles. The van der Waals surface area contributed by atoms with Crippen molar-refractivity contribution in [1.29, 1.82) is 0 Å². The van der Waals surface area contributed by atoms with Crippen molar-refractivity contribution < 1.29 is 4.79 Å². The van der Waals surface area contributed by atoms with Crippen LogP contribution in [0.5, 0.6) is 0 Å². The van der Waals surface area contributed by atoms with Crippen LogP contribution in [-0.4, -0.2) is 5.78 Å². The van der Waals surface area contributed by atoms with Crippen molar-refractivity contribution in [2.45, 2.75) is 33.6 Å². The van der Waals surface area contributed by atoms with Gasteiger partial charge in [0, 0.05) is 12.8 Å². The molecule has 0 unspecified atom stereocenters. The fourth-order valence-corrected chi connectivity index (χ4v) is 0.825. The number of ketones is 1. The third-order valence-electron chi connectivity index (χ3n) is 1.10. The van der Waals surface area contributed by atoms with Crippen molar-refractivity contribution in [2.75, 3.05) is 0 Å². The second kappa shape index (κ2) is 3.55. The van der Waals surface area contributed by atoms with Gasteiger partial charge in [-0.05, 0) is 5.41 Å². The van der Waals surface area contributed by atoms with E-state index in [9.17, 15) is 4.79 Å². The molecule has 0 aliphatic rings. The number of hydrogen-bond acceptors (Lipinski definition) is 1. The summed E-state index contributed by atoms with van der Waals surface area (Å²) in [5.41, 5.74) is 0.125. The lowest BCUT2D eigenvalue weighted by molar-refractivity contribution is -0.119. The third kappa shape index (κ3) is 5.54. The minimum absolute atomic E-state index is 0.125. The van der Waals surface area contributed by atoms with Crippen LogP contribution in [-0.2, 0) is 4.79 Å². The fraction of sp³-hybridized carbons (Fsp3) is 0.667. The molecule has 0 saturated carbocycles. The van der Waals surface area contributed by atoms with E-state index >= 15 is 0 Å². The van der Waals surface area contributed by atoms with Crippen molar-refractivity contribution in [3.05, 3.63) is 12.7 Å². The molecule has 0 aromatic rings. The predicted octanol–water partition coefficient (Wildman–Crippen LogP) is 2.57. The van der Waals surface area contributed by atoms with Gasteiger partial charge in [-0.1, -0.05) is 26.8 Å². The zero-order valence-corrected chi connectivity index (χ0v) is 7.11. The van der Waals surface area contributed by atoms with E-state index in [4.69, 9.17) is 0 Å². The molecule has 58 valence electrons. The van der Waals surface area contributed by atoms with E-state index in [1.54, 1.807) is 6.08 Å². The summed E-state index contributed by atoms with van der Waals surface area (Å²) in [6.07, 6.45) is 2.82. The number of Topliss-reactive ketones (excluding diaryl/α,β-unsaturated/α-hetero) is 1.